The Kier molecular flexibility index (Phi) is 5.54. The van der Waals surface area contributed by atoms with E-state index in [2.05, 4.69) is 0 Å². The second-order valence-corrected chi connectivity index (χ2v) is 6.78. The summed E-state index contributed by atoms with van der Waals surface area (Å²) in [5.41, 5.74) is 0.844. The molecule has 1 saturated heterocycles. The molecule has 2 heterocycles. The number of hydrogen-bond donors (Lipinski definition) is 0. The van der Waals surface area contributed by atoms with Gasteiger partial charge in [-0.25, -0.2) is 4.39 Å². The molecule has 0 bridgehead atoms. The van der Waals surface area contributed by atoms with Crippen LogP contribution in [0.1, 0.15) is 48.6 Å². The molecule has 0 radical (unpaired) electrons. The van der Waals surface area contributed by atoms with Crippen molar-refractivity contribution in [1.29, 1.82) is 0 Å². The molecule has 1 unspecified atom stereocenters. The normalized spacial score (nSPS) is 17.2. The molecule has 3 rings (SSSR count). The molecule has 1 aliphatic rings. The van der Waals surface area contributed by atoms with Gasteiger partial charge in [0.2, 0.25) is 11.6 Å². The van der Waals surface area contributed by atoms with E-state index < -0.39 is 23.4 Å². The third-order valence-corrected chi connectivity index (χ3v) is 5.06. The van der Waals surface area contributed by atoms with Crippen LogP contribution < -0.4 is 0 Å². The number of carbonyl (C=O) groups is 3. The van der Waals surface area contributed by atoms with Gasteiger partial charge < -0.3 is 9.32 Å². The molecule has 1 fully saturated rings. The fourth-order valence-electron chi connectivity index (χ4n) is 3.48. The molecule has 1 aliphatic heterocycles. The van der Waals surface area contributed by atoms with Gasteiger partial charge in [-0.05, 0) is 42.7 Å². The molecule has 27 heavy (non-hydrogen) atoms. The molecular weight excluding hydrogens is 349 g/mol. The summed E-state index contributed by atoms with van der Waals surface area (Å²) in [6.07, 6.45) is 1.88. The Balaban J connectivity index is 1.73. The number of carbonyl (C=O) groups excluding carboxylic acids is 3. The number of likely N-dealkylation sites (tertiary alicyclic amines) is 1. The van der Waals surface area contributed by atoms with Crippen LogP contribution in [0.2, 0.25) is 0 Å². The Morgan fingerprint density at radius 3 is 2.44 bits per heavy atom. The topological polar surface area (TPSA) is 67.6 Å². The van der Waals surface area contributed by atoms with E-state index in [9.17, 15) is 18.8 Å². The maximum atomic E-state index is 13.0. The van der Waals surface area contributed by atoms with Gasteiger partial charge in [0.05, 0.1) is 0 Å². The molecular formula is C21H22FNO4. The molecule has 2 aromatic rings. The van der Waals surface area contributed by atoms with Crippen molar-refractivity contribution < 1.29 is 23.2 Å². The number of hydrogen-bond acceptors (Lipinski definition) is 4. The summed E-state index contributed by atoms with van der Waals surface area (Å²) in [6.45, 7) is 4.02. The number of nitrogens with zero attached hydrogens (tertiary/aromatic N) is 1. The average Bonchev–Trinajstić information content (AvgIpc) is 3.24. The Morgan fingerprint density at radius 2 is 1.81 bits per heavy atom. The quantitative estimate of drug-likeness (QED) is 0.425. The van der Waals surface area contributed by atoms with Crippen LogP contribution in [0.25, 0.3) is 0 Å². The third-order valence-electron chi connectivity index (χ3n) is 5.06. The van der Waals surface area contributed by atoms with Crippen LogP contribution in [-0.2, 0) is 16.0 Å². The van der Waals surface area contributed by atoms with Crippen LogP contribution in [0, 0.1) is 11.7 Å². The number of rotatable bonds is 7. The number of benzene rings is 1. The maximum absolute atomic E-state index is 13.0. The summed E-state index contributed by atoms with van der Waals surface area (Å²) in [5, 5.41) is 0. The number of furan rings is 1. The first-order chi connectivity index (χ1) is 12.9. The lowest BCUT2D eigenvalue weighted by molar-refractivity contribution is -0.141. The zero-order valence-electron chi connectivity index (χ0n) is 15.4. The summed E-state index contributed by atoms with van der Waals surface area (Å²) in [5.74, 6) is -2.43. The molecule has 0 aliphatic carbocycles. The minimum absolute atomic E-state index is 0.0371. The molecule has 1 amide bonds. The number of ketones is 2. The van der Waals surface area contributed by atoms with E-state index in [0.29, 0.717) is 12.2 Å². The highest BCUT2D eigenvalue weighted by atomic mass is 19.1. The minimum Gasteiger partial charge on any atom is -0.458 e. The standard InChI is InChI=1S/C21H22FNO4/c1-3-15(4-2)23-12-17(20(25)21(23)26)19(24)18-10-9-16(27-18)11-13-5-7-14(22)8-6-13/h5-10,15,17H,3-4,11-12H2,1-2H3. The molecule has 1 aromatic carbocycles. The largest absolute Gasteiger partial charge is 0.458 e. The van der Waals surface area contributed by atoms with Crippen LogP contribution >= 0.6 is 0 Å². The molecule has 0 saturated carbocycles. The zero-order valence-corrected chi connectivity index (χ0v) is 15.4. The zero-order chi connectivity index (χ0) is 19.6. The van der Waals surface area contributed by atoms with E-state index in [1.807, 2.05) is 13.8 Å². The molecule has 142 valence electrons. The summed E-state index contributed by atoms with van der Waals surface area (Å²) >= 11 is 0. The van der Waals surface area contributed by atoms with Crippen molar-refractivity contribution in [2.45, 2.75) is 39.2 Å². The van der Waals surface area contributed by atoms with Crippen molar-refractivity contribution in [2.75, 3.05) is 6.54 Å². The highest BCUT2D eigenvalue weighted by Crippen LogP contribution is 2.25. The molecule has 1 atom stereocenters. The van der Waals surface area contributed by atoms with Crippen LogP contribution in [0.15, 0.2) is 40.8 Å². The number of halogens is 1. The second-order valence-electron chi connectivity index (χ2n) is 6.78. The van der Waals surface area contributed by atoms with E-state index in [0.717, 1.165) is 18.4 Å². The van der Waals surface area contributed by atoms with Gasteiger partial charge in [0.15, 0.2) is 5.76 Å². The number of amides is 1. The van der Waals surface area contributed by atoms with Gasteiger partial charge in [0.1, 0.15) is 17.5 Å². The summed E-state index contributed by atoms with van der Waals surface area (Å²) in [7, 11) is 0. The Bertz CT molecular complexity index is 851. The van der Waals surface area contributed by atoms with Crippen molar-refractivity contribution in [2.24, 2.45) is 5.92 Å². The van der Waals surface area contributed by atoms with E-state index >= 15 is 0 Å². The molecule has 0 spiro atoms. The highest BCUT2D eigenvalue weighted by molar-refractivity contribution is 6.43. The van der Waals surface area contributed by atoms with Crippen molar-refractivity contribution in [3.05, 3.63) is 59.3 Å². The Hall–Kier alpha value is -2.76. The van der Waals surface area contributed by atoms with E-state index in [-0.39, 0.29) is 24.2 Å². The van der Waals surface area contributed by atoms with Crippen LogP contribution in [0.3, 0.4) is 0 Å². The predicted molar refractivity (Wildman–Crippen MR) is 96.8 cm³/mol. The van der Waals surface area contributed by atoms with Gasteiger partial charge >= 0.3 is 0 Å². The van der Waals surface area contributed by atoms with E-state index in [4.69, 9.17) is 4.42 Å². The minimum atomic E-state index is -1.01. The smallest absolute Gasteiger partial charge is 0.291 e. The summed E-state index contributed by atoms with van der Waals surface area (Å²) in [4.78, 5) is 38.8. The van der Waals surface area contributed by atoms with Gasteiger partial charge in [-0.15, -0.1) is 0 Å². The molecule has 5 nitrogen and oxygen atoms in total. The lowest BCUT2D eigenvalue weighted by Crippen LogP contribution is -2.37. The first kappa shape index (κ1) is 19.0. The van der Waals surface area contributed by atoms with Crippen molar-refractivity contribution in [3.8, 4) is 0 Å². The van der Waals surface area contributed by atoms with Crippen LogP contribution in [0.4, 0.5) is 4.39 Å². The van der Waals surface area contributed by atoms with Gasteiger partial charge in [-0.1, -0.05) is 26.0 Å². The number of Topliss-reactive ketones (excluding diaryl/α,β-unsaturated/α-hetero) is 2. The fourth-order valence-corrected chi connectivity index (χ4v) is 3.48. The third kappa shape index (κ3) is 3.84. The Morgan fingerprint density at radius 1 is 1.15 bits per heavy atom. The summed E-state index contributed by atoms with van der Waals surface area (Å²) in [6, 6.07) is 9.16. The van der Waals surface area contributed by atoms with Crippen LogP contribution in [-0.4, -0.2) is 35.0 Å². The van der Waals surface area contributed by atoms with Crippen molar-refractivity contribution >= 4 is 17.5 Å². The van der Waals surface area contributed by atoms with Crippen LogP contribution in [0.5, 0.6) is 0 Å². The Labute approximate surface area is 157 Å². The van der Waals surface area contributed by atoms with Gasteiger partial charge in [0, 0.05) is 19.0 Å². The van der Waals surface area contributed by atoms with Crippen molar-refractivity contribution in [3.63, 3.8) is 0 Å². The predicted octanol–water partition coefficient (Wildman–Crippen LogP) is 3.41. The molecule has 1 aromatic heterocycles. The highest BCUT2D eigenvalue weighted by Gasteiger charge is 2.45. The molecule has 6 heteroatoms. The first-order valence-electron chi connectivity index (χ1n) is 9.16. The van der Waals surface area contributed by atoms with E-state index in [1.54, 1.807) is 18.2 Å². The lowest BCUT2D eigenvalue weighted by Gasteiger charge is -2.24. The maximum Gasteiger partial charge on any atom is 0.291 e. The monoisotopic (exact) mass is 371 g/mol. The van der Waals surface area contributed by atoms with Gasteiger partial charge in [-0.2, -0.15) is 0 Å². The van der Waals surface area contributed by atoms with Crippen molar-refractivity contribution in [1.82, 2.24) is 4.90 Å². The summed E-state index contributed by atoms with van der Waals surface area (Å²) < 4.78 is 18.6. The molecule has 0 N–H and O–H groups in total. The van der Waals surface area contributed by atoms with E-state index in [1.165, 1.54) is 23.1 Å². The first-order valence-corrected chi connectivity index (χ1v) is 9.16. The fraction of sp³-hybridized carbons (Fsp3) is 0.381. The SMILES string of the molecule is CCC(CC)N1CC(C(=O)c2ccc(Cc3ccc(F)cc3)o2)C(=O)C1=O. The second kappa shape index (κ2) is 7.86. The average molecular weight is 371 g/mol. The lowest BCUT2D eigenvalue weighted by atomic mass is 10.0. The van der Waals surface area contributed by atoms with Gasteiger partial charge in [0.25, 0.3) is 5.91 Å². The van der Waals surface area contributed by atoms with Gasteiger partial charge in [-0.3, -0.25) is 14.4 Å².